The zero-order valence-electron chi connectivity index (χ0n) is 19.2. The van der Waals surface area contributed by atoms with E-state index < -0.39 is 11.7 Å². The summed E-state index contributed by atoms with van der Waals surface area (Å²) in [6, 6.07) is 13.0. The topological polar surface area (TPSA) is 32.8 Å². The average molecular weight is 493 g/mol. The largest absolute Gasteiger partial charge is 0.493 e. The predicted molar refractivity (Wildman–Crippen MR) is 128 cm³/mol. The molecule has 0 N–H and O–H groups in total. The summed E-state index contributed by atoms with van der Waals surface area (Å²) in [6.45, 7) is 3.27. The molecule has 8 heteroatoms. The number of hydrogen-bond acceptors (Lipinski definition) is 5. The Labute approximate surface area is 203 Å². The summed E-state index contributed by atoms with van der Waals surface area (Å²) in [4.78, 5) is 14.9. The van der Waals surface area contributed by atoms with E-state index in [4.69, 9.17) is 4.74 Å². The molecule has 0 bridgehead atoms. The summed E-state index contributed by atoms with van der Waals surface area (Å²) in [5.74, 6) is 1.54. The summed E-state index contributed by atoms with van der Waals surface area (Å²) in [5, 5.41) is 0. The second-order valence-electron chi connectivity index (χ2n) is 9.15. The number of benzene rings is 2. The molecule has 4 rings (SSSR count). The third-order valence-corrected chi connectivity index (χ3v) is 7.72. The molecule has 0 spiro atoms. The van der Waals surface area contributed by atoms with Gasteiger partial charge < -0.3 is 9.53 Å². The maximum Gasteiger partial charge on any atom is 0.416 e. The van der Waals surface area contributed by atoms with Gasteiger partial charge in [0.2, 0.25) is 0 Å². The van der Waals surface area contributed by atoms with Gasteiger partial charge in [-0.2, -0.15) is 13.2 Å². The fourth-order valence-electron chi connectivity index (χ4n) is 4.58. The monoisotopic (exact) mass is 492 g/mol. The van der Waals surface area contributed by atoms with Crippen LogP contribution >= 0.6 is 11.9 Å². The highest BCUT2D eigenvalue weighted by Crippen LogP contribution is 2.31. The van der Waals surface area contributed by atoms with Crippen LogP contribution in [0.15, 0.2) is 53.4 Å². The zero-order chi connectivity index (χ0) is 24.0. The Kier molecular flexibility index (Phi) is 8.55. The summed E-state index contributed by atoms with van der Waals surface area (Å²) < 4.78 is 46.4. The van der Waals surface area contributed by atoms with Crippen molar-refractivity contribution >= 4 is 18.2 Å². The molecular weight excluding hydrogens is 461 g/mol. The number of carbonyl (C=O) groups is 1. The van der Waals surface area contributed by atoms with Gasteiger partial charge in [0, 0.05) is 31.1 Å². The fourth-order valence-corrected chi connectivity index (χ4v) is 5.53. The van der Waals surface area contributed by atoms with E-state index in [1.807, 2.05) is 24.3 Å². The first-order valence-electron chi connectivity index (χ1n) is 11.9. The van der Waals surface area contributed by atoms with Crippen LogP contribution in [0, 0.1) is 5.92 Å². The van der Waals surface area contributed by atoms with E-state index in [-0.39, 0.29) is 6.04 Å². The molecule has 1 saturated carbocycles. The molecule has 0 aromatic heterocycles. The van der Waals surface area contributed by atoms with Gasteiger partial charge in [0.05, 0.1) is 18.2 Å². The van der Waals surface area contributed by atoms with Gasteiger partial charge in [-0.05, 0) is 72.7 Å². The Bertz CT molecular complexity index is 915. The third kappa shape index (κ3) is 6.99. The Balaban J connectivity index is 1.26. The van der Waals surface area contributed by atoms with Crippen molar-refractivity contribution in [3.63, 3.8) is 0 Å². The molecule has 0 radical (unpaired) electrons. The van der Waals surface area contributed by atoms with Gasteiger partial charge >= 0.3 is 6.18 Å². The Morgan fingerprint density at radius 2 is 1.68 bits per heavy atom. The van der Waals surface area contributed by atoms with E-state index >= 15 is 0 Å². The van der Waals surface area contributed by atoms with E-state index in [2.05, 4.69) is 9.21 Å². The van der Waals surface area contributed by atoms with Crippen molar-refractivity contribution in [3.8, 4) is 5.75 Å². The minimum Gasteiger partial charge on any atom is -0.493 e. The lowest BCUT2D eigenvalue weighted by atomic mass is 9.90. The van der Waals surface area contributed by atoms with Gasteiger partial charge in [-0.3, -0.25) is 4.90 Å². The van der Waals surface area contributed by atoms with Gasteiger partial charge in [-0.25, -0.2) is 4.31 Å². The maximum absolute atomic E-state index is 12.8. The number of aldehydes is 1. The third-order valence-electron chi connectivity index (χ3n) is 6.55. The van der Waals surface area contributed by atoms with Crippen LogP contribution < -0.4 is 4.74 Å². The molecule has 1 atom stereocenters. The van der Waals surface area contributed by atoms with E-state index in [1.165, 1.54) is 44.2 Å². The van der Waals surface area contributed by atoms with Crippen molar-refractivity contribution < 1.29 is 22.7 Å². The van der Waals surface area contributed by atoms with Crippen LogP contribution in [0.2, 0.25) is 0 Å². The lowest BCUT2D eigenvalue weighted by Gasteiger charge is -2.38. The molecular formula is C26H31F3N2O2S. The van der Waals surface area contributed by atoms with Crippen LogP contribution in [0.4, 0.5) is 13.2 Å². The molecule has 0 amide bonds. The van der Waals surface area contributed by atoms with Gasteiger partial charge in [-0.1, -0.05) is 31.4 Å². The molecule has 4 nitrogen and oxygen atoms in total. The van der Waals surface area contributed by atoms with E-state index in [0.29, 0.717) is 25.6 Å². The Morgan fingerprint density at radius 3 is 2.32 bits per heavy atom. The van der Waals surface area contributed by atoms with Gasteiger partial charge in [-0.15, -0.1) is 0 Å². The molecule has 2 aliphatic rings. The van der Waals surface area contributed by atoms with Gasteiger partial charge in [0.25, 0.3) is 0 Å². The van der Waals surface area contributed by atoms with Crippen molar-refractivity contribution in [2.75, 3.05) is 26.2 Å². The molecule has 1 saturated heterocycles. The molecule has 2 fully saturated rings. The van der Waals surface area contributed by atoms with Crippen LogP contribution in [-0.2, 0) is 17.5 Å². The van der Waals surface area contributed by atoms with Crippen molar-refractivity contribution in [1.29, 1.82) is 0 Å². The highest BCUT2D eigenvalue weighted by molar-refractivity contribution is 7.97. The van der Waals surface area contributed by atoms with E-state index in [0.717, 1.165) is 47.8 Å². The Hall–Kier alpha value is -2.03. The van der Waals surface area contributed by atoms with Crippen LogP contribution in [0.5, 0.6) is 5.75 Å². The molecule has 2 aromatic rings. The zero-order valence-corrected chi connectivity index (χ0v) is 20.0. The fraction of sp³-hybridized carbons (Fsp3) is 0.500. The minimum absolute atomic E-state index is 0.282. The lowest BCUT2D eigenvalue weighted by Crippen LogP contribution is -2.50. The average Bonchev–Trinajstić information content (AvgIpc) is 2.85. The summed E-state index contributed by atoms with van der Waals surface area (Å²) in [6.07, 6.45) is 3.08. The number of carbonyl (C=O) groups excluding carboxylic acids is 1. The SMILES string of the molecule is O=CC1CN(Cc2ccc(C(F)(F)F)cc2)CCN1Sc1ccc(OCC2CCCCC2)cc1. The number of alkyl halides is 3. The summed E-state index contributed by atoms with van der Waals surface area (Å²) >= 11 is 1.56. The normalized spacial score (nSPS) is 20.9. The predicted octanol–water partition coefficient (Wildman–Crippen LogP) is 6.06. The molecule has 1 unspecified atom stereocenters. The number of rotatable bonds is 8. The van der Waals surface area contributed by atoms with Crippen LogP contribution in [-0.4, -0.2) is 47.8 Å². The molecule has 34 heavy (non-hydrogen) atoms. The highest BCUT2D eigenvalue weighted by atomic mass is 32.2. The Morgan fingerprint density at radius 1 is 0.971 bits per heavy atom. The first-order valence-corrected chi connectivity index (χ1v) is 12.7. The smallest absolute Gasteiger partial charge is 0.416 e. The number of halogens is 3. The molecule has 1 aliphatic heterocycles. The molecule has 1 aliphatic carbocycles. The quantitative estimate of drug-likeness (QED) is 0.331. The van der Waals surface area contributed by atoms with Gasteiger partial charge in [0.1, 0.15) is 12.0 Å². The minimum atomic E-state index is -4.33. The van der Waals surface area contributed by atoms with Crippen molar-refractivity contribution in [3.05, 3.63) is 59.7 Å². The maximum atomic E-state index is 12.8. The molecule has 1 heterocycles. The second kappa shape index (κ2) is 11.6. The van der Waals surface area contributed by atoms with Crippen molar-refractivity contribution in [2.24, 2.45) is 5.92 Å². The van der Waals surface area contributed by atoms with E-state index in [9.17, 15) is 18.0 Å². The van der Waals surface area contributed by atoms with Crippen LogP contribution in [0.3, 0.4) is 0 Å². The number of piperazine rings is 1. The molecule has 2 aromatic carbocycles. The van der Waals surface area contributed by atoms with Gasteiger partial charge in [0.15, 0.2) is 0 Å². The first-order chi connectivity index (χ1) is 16.4. The highest BCUT2D eigenvalue weighted by Gasteiger charge is 2.31. The molecule has 184 valence electrons. The first kappa shape index (κ1) is 25.1. The van der Waals surface area contributed by atoms with Crippen LogP contribution in [0.1, 0.15) is 43.2 Å². The van der Waals surface area contributed by atoms with Crippen LogP contribution in [0.25, 0.3) is 0 Å². The second-order valence-corrected chi connectivity index (χ2v) is 10.3. The summed E-state index contributed by atoms with van der Waals surface area (Å²) in [5.41, 5.74) is 0.163. The number of hydrogen-bond donors (Lipinski definition) is 0. The lowest BCUT2D eigenvalue weighted by molar-refractivity contribution is -0.137. The number of nitrogens with zero attached hydrogens (tertiary/aromatic N) is 2. The standard InChI is InChI=1S/C26H31F3N2O2S/c27-26(28,29)22-8-6-20(7-9-22)16-30-14-15-31(23(17-30)18-32)34-25-12-10-24(11-13-25)33-19-21-4-2-1-3-5-21/h6-13,18,21,23H,1-5,14-17,19H2. The van der Waals surface area contributed by atoms with E-state index in [1.54, 1.807) is 11.9 Å². The summed E-state index contributed by atoms with van der Waals surface area (Å²) in [7, 11) is 0. The van der Waals surface area contributed by atoms with Crippen molar-refractivity contribution in [2.45, 2.75) is 55.8 Å². The number of ether oxygens (including phenoxy) is 1. The van der Waals surface area contributed by atoms with Crippen molar-refractivity contribution in [1.82, 2.24) is 9.21 Å².